The molecule has 178 valence electrons. The lowest BCUT2D eigenvalue weighted by atomic mass is 9.98. The van der Waals surface area contributed by atoms with E-state index in [2.05, 4.69) is 0 Å². The monoisotopic (exact) mass is 466 g/mol. The Morgan fingerprint density at radius 3 is 2.15 bits per heavy atom. The van der Waals surface area contributed by atoms with Gasteiger partial charge in [-0.25, -0.2) is 0 Å². The molecule has 0 radical (unpaired) electrons. The maximum Gasteiger partial charge on any atom is 0.228 e. The van der Waals surface area contributed by atoms with E-state index in [-0.39, 0.29) is 46.3 Å². The first kappa shape index (κ1) is 22.8. The lowest BCUT2D eigenvalue weighted by molar-refractivity contribution is -0.291. The van der Waals surface area contributed by atoms with Crippen molar-refractivity contribution in [1.29, 1.82) is 0 Å². The summed E-state index contributed by atoms with van der Waals surface area (Å²) in [7, 11) is 0. The molecule has 0 spiro atoms. The number of ether oxygens (including phenoxy) is 3. The minimum atomic E-state index is -1.74. The maximum absolute atomic E-state index is 10.3. The van der Waals surface area contributed by atoms with Crippen LogP contribution in [-0.2, 0) is 15.9 Å². The van der Waals surface area contributed by atoms with E-state index in [1.807, 2.05) is 0 Å². The molecular formula is C21H22O12. The highest BCUT2D eigenvalue weighted by molar-refractivity contribution is 5.72. The first-order chi connectivity index (χ1) is 15.6. The summed E-state index contributed by atoms with van der Waals surface area (Å²) < 4.78 is 16.8. The molecule has 2 aliphatic heterocycles. The number of aliphatic hydroxyl groups excluding tert-OH is 4. The number of aromatic hydroxyl groups is 5. The molecule has 12 nitrogen and oxygen atoms in total. The Morgan fingerprint density at radius 1 is 0.848 bits per heavy atom. The van der Waals surface area contributed by atoms with Crippen LogP contribution in [0, 0.1) is 0 Å². The van der Waals surface area contributed by atoms with E-state index in [0.717, 1.165) is 18.2 Å². The van der Waals surface area contributed by atoms with Gasteiger partial charge in [0.1, 0.15) is 47.4 Å². The van der Waals surface area contributed by atoms with E-state index in [9.17, 15) is 46.0 Å². The molecule has 0 aromatic heterocycles. The second kappa shape index (κ2) is 8.50. The van der Waals surface area contributed by atoms with Gasteiger partial charge in [0, 0.05) is 29.7 Å². The van der Waals surface area contributed by atoms with Crippen molar-refractivity contribution in [3.8, 4) is 34.5 Å². The van der Waals surface area contributed by atoms with Crippen molar-refractivity contribution >= 4 is 5.76 Å². The number of hydrogen-bond donors (Lipinski definition) is 9. The third kappa shape index (κ3) is 4.05. The van der Waals surface area contributed by atoms with Crippen LogP contribution in [0.5, 0.6) is 34.5 Å². The molecule has 1 saturated heterocycles. The molecular weight excluding hydrogens is 444 g/mol. The highest BCUT2D eigenvalue weighted by atomic mass is 16.7. The van der Waals surface area contributed by atoms with Crippen LogP contribution in [0.25, 0.3) is 5.76 Å². The summed E-state index contributed by atoms with van der Waals surface area (Å²) in [5, 5.41) is 89.2. The second-order valence-corrected chi connectivity index (χ2v) is 7.65. The number of hydrogen-bond acceptors (Lipinski definition) is 12. The largest absolute Gasteiger partial charge is 0.508 e. The molecule has 0 bridgehead atoms. The zero-order chi connectivity index (χ0) is 24.0. The van der Waals surface area contributed by atoms with Crippen molar-refractivity contribution in [1.82, 2.24) is 0 Å². The van der Waals surface area contributed by atoms with E-state index in [0.29, 0.717) is 0 Å². The summed E-state index contributed by atoms with van der Waals surface area (Å²) >= 11 is 0. The third-order valence-corrected chi connectivity index (χ3v) is 5.41. The van der Waals surface area contributed by atoms with Gasteiger partial charge in [0.15, 0.2) is 23.0 Å². The number of fused-ring (bicyclic) bond motifs is 1. The number of phenols is 5. The molecule has 2 aromatic rings. The van der Waals surface area contributed by atoms with Gasteiger partial charge in [0.2, 0.25) is 6.29 Å². The normalized spacial score (nSPS) is 27.1. The van der Waals surface area contributed by atoms with Crippen molar-refractivity contribution in [3.63, 3.8) is 0 Å². The molecule has 2 heterocycles. The average Bonchev–Trinajstić information content (AvgIpc) is 2.77. The Morgan fingerprint density at radius 2 is 1.52 bits per heavy atom. The predicted octanol–water partition coefficient (Wildman–Crippen LogP) is -0.665. The summed E-state index contributed by atoms with van der Waals surface area (Å²) in [6.07, 6.45) is -8.09. The van der Waals surface area contributed by atoms with E-state index in [4.69, 9.17) is 14.2 Å². The Hall–Kier alpha value is -3.42. The Balaban J connectivity index is 1.78. The van der Waals surface area contributed by atoms with Gasteiger partial charge in [-0.15, -0.1) is 0 Å². The van der Waals surface area contributed by atoms with Crippen LogP contribution < -0.4 is 4.74 Å². The molecule has 0 unspecified atom stereocenters. The second-order valence-electron chi connectivity index (χ2n) is 7.65. The van der Waals surface area contributed by atoms with Crippen molar-refractivity contribution in [2.75, 3.05) is 6.61 Å². The van der Waals surface area contributed by atoms with Crippen LogP contribution >= 0.6 is 0 Å². The van der Waals surface area contributed by atoms with Crippen molar-refractivity contribution in [2.45, 2.75) is 37.1 Å². The summed E-state index contributed by atoms with van der Waals surface area (Å²) in [4.78, 5) is 0. The summed E-state index contributed by atoms with van der Waals surface area (Å²) in [5.41, 5.74) is 0.194. The minimum absolute atomic E-state index is 0.0101. The Labute approximate surface area is 186 Å². The van der Waals surface area contributed by atoms with Crippen molar-refractivity contribution in [3.05, 3.63) is 41.2 Å². The van der Waals surface area contributed by atoms with Crippen molar-refractivity contribution < 1.29 is 60.2 Å². The van der Waals surface area contributed by atoms with E-state index in [1.54, 1.807) is 0 Å². The fraction of sp³-hybridized carbons (Fsp3) is 0.333. The zero-order valence-electron chi connectivity index (χ0n) is 16.9. The van der Waals surface area contributed by atoms with Crippen molar-refractivity contribution in [2.24, 2.45) is 0 Å². The van der Waals surface area contributed by atoms with Gasteiger partial charge in [-0.05, 0) is 12.1 Å². The fourth-order valence-corrected chi connectivity index (χ4v) is 3.65. The maximum atomic E-state index is 10.3. The first-order valence-corrected chi connectivity index (χ1v) is 9.79. The predicted molar refractivity (Wildman–Crippen MR) is 107 cm³/mol. The molecule has 9 N–H and O–H groups in total. The molecule has 33 heavy (non-hydrogen) atoms. The van der Waals surface area contributed by atoms with Gasteiger partial charge >= 0.3 is 0 Å². The molecule has 12 heteroatoms. The van der Waals surface area contributed by atoms with Crippen LogP contribution in [-0.4, -0.2) is 83.3 Å². The standard InChI is InChI=1S/C21H22O12/c22-6-15-17(28)18(29)19(30)21(33-15)32-14-5-9-10(24)3-8(23)4-13(9)31-20(14)7-1-11(25)16(27)12(26)2-7/h1-4,15,17-19,21-30H,5-6H2/t15-,17-,18+,19-,21-/m1/s1. The Bertz CT molecular complexity index is 1070. The molecule has 4 rings (SSSR count). The summed E-state index contributed by atoms with van der Waals surface area (Å²) in [6, 6.07) is 4.38. The third-order valence-electron chi connectivity index (χ3n) is 5.41. The molecule has 0 amide bonds. The smallest absolute Gasteiger partial charge is 0.228 e. The molecule has 0 saturated carbocycles. The van der Waals surface area contributed by atoms with Gasteiger partial charge < -0.3 is 60.2 Å². The Kier molecular flexibility index (Phi) is 5.86. The van der Waals surface area contributed by atoms with Crippen LogP contribution in [0.2, 0.25) is 0 Å². The van der Waals surface area contributed by atoms with Gasteiger partial charge in [0.25, 0.3) is 0 Å². The number of allylic oxidation sites excluding steroid dienone is 1. The molecule has 0 aliphatic carbocycles. The fourth-order valence-electron chi connectivity index (χ4n) is 3.65. The van der Waals surface area contributed by atoms with E-state index < -0.39 is 54.6 Å². The number of aliphatic hydroxyl groups is 4. The van der Waals surface area contributed by atoms with Gasteiger partial charge in [-0.3, -0.25) is 0 Å². The van der Waals surface area contributed by atoms with Crippen LogP contribution in [0.1, 0.15) is 11.1 Å². The molecule has 5 atom stereocenters. The lowest BCUT2D eigenvalue weighted by Crippen LogP contribution is -2.59. The van der Waals surface area contributed by atoms with Crippen LogP contribution in [0.3, 0.4) is 0 Å². The number of rotatable bonds is 4. The van der Waals surface area contributed by atoms with E-state index in [1.165, 1.54) is 6.07 Å². The summed E-state index contributed by atoms with van der Waals surface area (Å²) in [5.74, 6) is -3.00. The van der Waals surface area contributed by atoms with E-state index >= 15 is 0 Å². The van der Waals surface area contributed by atoms with Gasteiger partial charge in [-0.1, -0.05) is 0 Å². The molecule has 1 fully saturated rings. The lowest BCUT2D eigenvalue weighted by Gasteiger charge is -2.40. The number of benzene rings is 2. The number of phenolic OH excluding ortho intramolecular Hbond substituents is 5. The van der Waals surface area contributed by atoms with Crippen LogP contribution in [0.4, 0.5) is 0 Å². The summed E-state index contributed by atoms with van der Waals surface area (Å²) in [6.45, 7) is -0.685. The zero-order valence-corrected chi connectivity index (χ0v) is 16.9. The first-order valence-electron chi connectivity index (χ1n) is 9.79. The average molecular weight is 466 g/mol. The molecule has 2 aliphatic rings. The van der Waals surface area contributed by atoms with Gasteiger partial charge in [-0.2, -0.15) is 0 Å². The highest BCUT2D eigenvalue weighted by Crippen LogP contribution is 2.45. The topological polar surface area (TPSA) is 210 Å². The molecule has 2 aromatic carbocycles. The SMILES string of the molecule is OC[C@H]1O[C@@H](OC2=C(c3cc(O)c(O)c(O)c3)Oc3cc(O)cc(O)c3C2)[C@H](O)[C@@H](O)[C@@H]1O. The minimum Gasteiger partial charge on any atom is -0.508 e. The van der Waals surface area contributed by atoms with Gasteiger partial charge in [0.05, 0.1) is 6.61 Å². The quantitative estimate of drug-likeness (QED) is 0.257. The van der Waals surface area contributed by atoms with Crippen LogP contribution in [0.15, 0.2) is 30.0 Å². The highest BCUT2D eigenvalue weighted by Gasteiger charge is 2.45.